The van der Waals surface area contributed by atoms with E-state index in [1.807, 2.05) is 97.1 Å². The number of nitrogens with zero attached hydrogens (tertiary/aromatic N) is 6. The van der Waals surface area contributed by atoms with E-state index in [4.69, 9.17) is 23.2 Å². The molecule has 0 saturated carbocycles. The van der Waals surface area contributed by atoms with Gasteiger partial charge in [0, 0.05) is 71.2 Å². The SMILES string of the molecule is O=c1nc(-c2ccccc2)c2cc(Cl)ccc2n1CCCN1CCN(CCCn2c(=O)nc(-c3ccccc3)c3cc(Cl)ccc32)CC1. The van der Waals surface area contributed by atoms with Crippen LogP contribution < -0.4 is 11.4 Å². The number of rotatable bonds is 10. The highest BCUT2D eigenvalue weighted by atomic mass is 35.5. The molecule has 0 amide bonds. The third-order valence-electron chi connectivity index (χ3n) is 9.16. The lowest BCUT2D eigenvalue weighted by molar-refractivity contribution is 0.128. The predicted octanol–water partition coefficient (Wildman–Crippen LogP) is 6.85. The summed E-state index contributed by atoms with van der Waals surface area (Å²) in [6.45, 7) is 6.83. The van der Waals surface area contributed by atoms with Crippen LogP contribution in [-0.4, -0.2) is 68.2 Å². The van der Waals surface area contributed by atoms with Crippen LogP contribution in [0.25, 0.3) is 44.3 Å². The van der Waals surface area contributed by atoms with Gasteiger partial charge in [-0.3, -0.25) is 9.13 Å². The second kappa shape index (κ2) is 14.4. The van der Waals surface area contributed by atoms with E-state index >= 15 is 0 Å². The summed E-state index contributed by atoms with van der Waals surface area (Å²) < 4.78 is 3.55. The second-order valence-corrected chi connectivity index (χ2v) is 13.1. The van der Waals surface area contributed by atoms with E-state index in [2.05, 4.69) is 19.8 Å². The molecule has 3 heterocycles. The van der Waals surface area contributed by atoms with Gasteiger partial charge in [0.2, 0.25) is 0 Å². The van der Waals surface area contributed by atoms with E-state index in [1.54, 1.807) is 9.13 Å². The first kappa shape index (κ1) is 32.2. The molecule has 4 aromatic carbocycles. The molecular formula is C38H36Cl2N6O2. The normalized spacial score (nSPS) is 14.2. The molecule has 1 aliphatic heterocycles. The van der Waals surface area contributed by atoms with Crippen LogP contribution in [0.4, 0.5) is 0 Å². The van der Waals surface area contributed by atoms with Crippen LogP contribution in [0.2, 0.25) is 10.0 Å². The summed E-state index contributed by atoms with van der Waals surface area (Å²) in [4.78, 5) is 40.3. The standard InChI is InChI=1S/C38H36Cl2N6O2/c39-29-13-15-33-31(25-29)35(27-9-3-1-4-10-27)41-37(47)45(33)19-7-17-43-21-23-44(24-22-43)18-8-20-46-34-16-14-30(40)26-32(34)36(42-38(46)48)28-11-5-2-6-12-28/h1-6,9-16,25-26H,7-8,17-24H2. The minimum atomic E-state index is -0.242. The van der Waals surface area contributed by atoms with Gasteiger partial charge in [-0.2, -0.15) is 9.97 Å². The number of halogens is 2. The maximum Gasteiger partial charge on any atom is 0.348 e. The van der Waals surface area contributed by atoms with E-state index in [-0.39, 0.29) is 11.4 Å². The van der Waals surface area contributed by atoms with Gasteiger partial charge in [-0.25, -0.2) is 9.59 Å². The summed E-state index contributed by atoms with van der Waals surface area (Å²) in [5.41, 5.74) is 4.33. The minimum absolute atomic E-state index is 0.242. The molecule has 1 aliphatic rings. The van der Waals surface area contributed by atoms with Crippen LogP contribution >= 0.6 is 23.2 Å². The van der Waals surface area contributed by atoms with Crippen molar-refractivity contribution in [2.24, 2.45) is 0 Å². The fourth-order valence-corrected chi connectivity index (χ4v) is 7.06. The molecule has 6 aromatic rings. The second-order valence-electron chi connectivity index (χ2n) is 12.2. The maximum atomic E-state index is 13.2. The van der Waals surface area contributed by atoms with Crippen molar-refractivity contribution in [2.45, 2.75) is 25.9 Å². The smallest absolute Gasteiger partial charge is 0.301 e. The zero-order valence-electron chi connectivity index (χ0n) is 26.6. The first-order valence-corrected chi connectivity index (χ1v) is 17.2. The van der Waals surface area contributed by atoms with Gasteiger partial charge in [0.1, 0.15) is 0 Å². The van der Waals surface area contributed by atoms with Crippen molar-refractivity contribution in [3.63, 3.8) is 0 Å². The zero-order valence-corrected chi connectivity index (χ0v) is 28.1. The molecule has 2 aromatic heterocycles. The summed E-state index contributed by atoms with van der Waals surface area (Å²) in [5, 5.41) is 2.99. The van der Waals surface area contributed by atoms with Crippen molar-refractivity contribution in [2.75, 3.05) is 39.3 Å². The summed E-state index contributed by atoms with van der Waals surface area (Å²) in [5.74, 6) is 0. The van der Waals surface area contributed by atoms with Crippen LogP contribution in [0.3, 0.4) is 0 Å². The first-order valence-electron chi connectivity index (χ1n) is 16.4. The fraction of sp³-hybridized carbons (Fsp3) is 0.263. The largest absolute Gasteiger partial charge is 0.348 e. The third-order valence-corrected chi connectivity index (χ3v) is 9.63. The molecule has 0 atom stereocenters. The molecule has 10 heteroatoms. The van der Waals surface area contributed by atoms with Gasteiger partial charge >= 0.3 is 11.4 Å². The predicted molar refractivity (Wildman–Crippen MR) is 195 cm³/mol. The third kappa shape index (κ3) is 6.93. The van der Waals surface area contributed by atoms with Crippen molar-refractivity contribution < 1.29 is 0 Å². The Bertz CT molecular complexity index is 2020. The van der Waals surface area contributed by atoms with E-state index in [0.717, 1.165) is 85.0 Å². The van der Waals surface area contributed by atoms with Crippen LogP contribution in [0.15, 0.2) is 107 Å². The molecule has 48 heavy (non-hydrogen) atoms. The first-order chi connectivity index (χ1) is 23.4. The van der Waals surface area contributed by atoms with Gasteiger partial charge in [0.15, 0.2) is 0 Å². The number of aryl methyl sites for hydroxylation is 2. The van der Waals surface area contributed by atoms with Gasteiger partial charge in [-0.15, -0.1) is 0 Å². The number of hydrogen-bond acceptors (Lipinski definition) is 6. The maximum absolute atomic E-state index is 13.2. The van der Waals surface area contributed by atoms with Gasteiger partial charge in [0.25, 0.3) is 0 Å². The number of aromatic nitrogens is 4. The van der Waals surface area contributed by atoms with Gasteiger partial charge in [-0.05, 0) is 62.3 Å². The van der Waals surface area contributed by atoms with Crippen molar-refractivity contribution in [3.05, 3.63) is 128 Å². The molecule has 244 valence electrons. The van der Waals surface area contributed by atoms with Gasteiger partial charge < -0.3 is 9.80 Å². The average molecular weight is 680 g/mol. The molecular weight excluding hydrogens is 643 g/mol. The van der Waals surface area contributed by atoms with E-state index in [9.17, 15) is 9.59 Å². The summed E-state index contributed by atoms with van der Waals surface area (Å²) >= 11 is 12.7. The van der Waals surface area contributed by atoms with Crippen molar-refractivity contribution in [3.8, 4) is 22.5 Å². The van der Waals surface area contributed by atoms with E-state index in [0.29, 0.717) is 34.5 Å². The van der Waals surface area contributed by atoms with Crippen LogP contribution in [0.5, 0.6) is 0 Å². The Morgan fingerprint density at radius 2 is 0.917 bits per heavy atom. The number of fused-ring (bicyclic) bond motifs is 2. The Hall–Kier alpha value is -4.34. The molecule has 0 aliphatic carbocycles. The monoisotopic (exact) mass is 678 g/mol. The van der Waals surface area contributed by atoms with Crippen LogP contribution in [0, 0.1) is 0 Å². The van der Waals surface area contributed by atoms with Gasteiger partial charge in [-0.1, -0.05) is 83.9 Å². The molecule has 0 spiro atoms. The molecule has 0 N–H and O–H groups in total. The molecule has 7 rings (SSSR count). The highest BCUT2D eigenvalue weighted by molar-refractivity contribution is 6.31. The Morgan fingerprint density at radius 3 is 1.31 bits per heavy atom. The lowest BCUT2D eigenvalue weighted by atomic mass is 10.1. The van der Waals surface area contributed by atoms with Crippen LogP contribution in [-0.2, 0) is 13.1 Å². The van der Waals surface area contributed by atoms with Crippen molar-refractivity contribution in [1.82, 2.24) is 28.9 Å². The molecule has 8 nitrogen and oxygen atoms in total. The number of hydrogen-bond donors (Lipinski definition) is 0. The number of piperazine rings is 1. The molecule has 1 saturated heterocycles. The van der Waals surface area contributed by atoms with Crippen molar-refractivity contribution >= 4 is 45.0 Å². The Kier molecular flexibility index (Phi) is 9.68. The highest BCUT2D eigenvalue weighted by Crippen LogP contribution is 2.29. The average Bonchev–Trinajstić information content (AvgIpc) is 3.11. The van der Waals surface area contributed by atoms with E-state index in [1.165, 1.54) is 0 Å². The highest BCUT2D eigenvalue weighted by Gasteiger charge is 2.18. The summed E-state index contributed by atoms with van der Waals surface area (Å²) in [6, 6.07) is 30.8. The quantitative estimate of drug-likeness (QED) is 0.158. The topological polar surface area (TPSA) is 76.3 Å². The van der Waals surface area contributed by atoms with Crippen molar-refractivity contribution in [1.29, 1.82) is 0 Å². The van der Waals surface area contributed by atoms with Gasteiger partial charge in [0.05, 0.1) is 22.4 Å². The van der Waals surface area contributed by atoms with Crippen LogP contribution in [0.1, 0.15) is 12.8 Å². The molecule has 0 unspecified atom stereocenters. The molecule has 0 radical (unpaired) electrons. The summed E-state index contributed by atoms with van der Waals surface area (Å²) in [6.07, 6.45) is 1.69. The summed E-state index contributed by atoms with van der Waals surface area (Å²) in [7, 11) is 0. The lowest BCUT2D eigenvalue weighted by Gasteiger charge is -2.34. The minimum Gasteiger partial charge on any atom is -0.301 e. The van der Waals surface area contributed by atoms with E-state index < -0.39 is 0 Å². The number of benzene rings is 4. The Morgan fingerprint density at radius 1 is 0.521 bits per heavy atom. The lowest BCUT2D eigenvalue weighted by Crippen LogP contribution is -2.47. The molecule has 0 bridgehead atoms. The fourth-order valence-electron chi connectivity index (χ4n) is 6.71. The molecule has 1 fully saturated rings. The Labute approximate surface area is 288 Å². The Balaban J connectivity index is 0.947. The zero-order chi connectivity index (χ0) is 33.0.